The Kier molecular flexibility index (Phi) is 4.39. The fraction of sp³-hybridized carbons (Fsp3) is 0.875. The quantitative estimate of drug-likeness (QED) is 0.915. The fourth-order valence-electron chi connectivity index (χ4n) is 3.82. The SMILES string of the molecule is CCCC1CCC(c2noc(C3CNCC3C)n2)CC1. The van der Waals surface area contributed by atoms with E-state index in [1.807, 2.05) is 0 Å². The first-order valence-electron chi connectivity index (χ1n) is 8.32. The molecular formula is C16H27N3O. The van der Waals surface area contributed by atoms with Gasteiger partial charge in [-0.15, -0.1) is 0 Å². The predicted octanol–water partition coefficient (Wildman–Crippen LogP) is 3.47. The van der Waals surface area contributed by atoms with Crippen LogP contribution in [0.25, 0.3) is 0 Å². The second kappa shape index (κ2) is 6.25. The van der Waals surface area contributed by atoms with Crippen molar-refractivity contribution < 1.29 is 4.52 Å². The standard InChI is InChI=1S/C16H27N3O/c1-3-4-12-5-7-13(8-6-12)15-18-16(20-19-15)14-10-17-9-11(14)2/h11-14,17H,3-10H2,1-2H3. The topological polar surface area (TPSA) is 51.0 Å². The summed E-state index contributed by atoms with van der Waals surface area (Å²) in [7, 11) is 0. The van der Waals surface area contributed by atoms with Gasteiger partial charge in [0.1, 0.15) is 0 Å². The molecule has 112 valence electrons. The minimum absolute atomic E-state index is 0.410. The lowest BCUT2D eigenvalue weighted by Crippen LogP contribution is -2.14. The molecule has 1 saturated heterocycles. The molecule has 20 heavy (non-hydrogen) atoms. The molecule has 0 radical (unpaired) electrons. The Morgan fingerprint density at radius 1 is 1.20 bits per heavy atom. The van der Waals surface area contributed by atoms with E-state index in [0.717, 1.165) is 30.7 Å². The van der Waals surface area contributed by atoms with E-state index in [2.05, 4.69) is 24.3 Å². The van der Waals surface area contributed by atoms with E-state index in [-0.39, 0.29) is 0 Å². The first-order valence-corrected chi connectivity index (χ1v) is 8.32. The maximum atomic E-state index is 5.55. The van der Waals surface area contributed by atoms with Crippen molar-refractivity contribution >= 4 is 0 Å². The summed E-state index contributed by atoms with van der Waals surface area (Å²) >= 11 is 0. The van der Waals surface area contributed by atoms with Crippen LogP contribution in [0.15, 0.2) is 4.52 Å². The Labute approximate surface area is 121 Å². The van der Waals surface area contributed by atoms with Gasteiger partial charge in [0.25, 0.3) is 0 Å². The highest BCUT2D eigenvalue weighted by atomic mass is 16.5. The third-order valence-electron chi connectivity index (χ3n) is 5.20. The third-order valence-corrected chi connectivity index (χ3v) is 5.20. The van der Waals surface area contributed by atoms with Crippen LogP contribution in [0.1, 0.15) is 75.9 Å². The van der Waals surface area contributed by atoms with E-state index < -0.39 is 0 Å². The van der Waals surface area contributed by atoms with Crippen LogP contribution in [0.4, 0.5) is 0 Å². The highest BCUT2D eigenvalue weighted by molar-refractivity contribution is 5.04. The lowest BCUT2D eigenvalue weighted by molar-refractivity contribution is 0.292. The second-order valence-corrected chi connectivity index (χ2v) is 6.74. The Morgan fingerprint density at radius 3 is 2.65 bits per heavy atom. The molecule has 2 heterocycles. The molecule has 1 N–H and O–H groups in total. The van der Waals surface area contributed by atoms with Crippen molar-refractivity contribution in [2.75, 3.05) is 13.1 Å². The molecule has 4 heteroatoms. The molecule has 0 spiro atoms. The molecule has 1 aromatic rings. The largest absolute Gasteiger partial charge is 0.339 e. The van der Waals surface area contributed by atoms with E-state index >= 15 is 0 Å². The second-order valence-electron chi connectivity index (χ2n) is 6.74. The van der Waals surface area contributed by atoms with Crippen LogP contribution in [-0.4, -0.2) is 23.2 Å². The Bertz CT molecular complexity index is 423. The minimum Gasteiger partial charge on any atom is -0.339 e. The van der Waals surface area contributed by atoms with Crippen LogP contribution >= 0.6 is 0 Å². The Balaban J connectivity index is 1.60. The smallest absolute Gasteiger partial charge is 0.231 e. The molecule has 4 nitrogen and oxygen atoms in total. The molecule has 0 bridgehead atoms. The lowest BCUT2D eigenvalue weighted by atomic mass is 9.80. The van der Waals surface area contributed by atoms with Crippen LogP contribution in [0, 0.1) is 11.8 Å². The molecule has 1 saturated carbocycles. The van der Waals surface area contributed by atoms with Gasteiger partial charge in [-0.1, -0.05) is 31.8 Å². The fourth-order valence-corrected chi connectivity index (χ4v) is 3.82. The minimum atomic E-state index is 0.410. The Hall–Kier alpha value is -0.900. The molecule has 2 fully saturated rings. The highest BCUT2D eigenvalue weighted by Crippen LogP contribution is 2.37. The molecular weight excluding hydrogens is 250 g/mol. The number of nitrogens with zero attached hydrogens (tertiary/aromatic N) is 2. The van der Waals surface area contributed by atoms with Crippen LogP contribution < -0.4 is 5.32 Å². The number of rotatable bonds is 4. The summed E-state index contributed by atoms with van der Waals surface area (Å²) in [4.78, 5) is 4.72. The summed E-state index contributed by atoms with van der Waals surface area (Å²) in [6.07, 6.45) is 7.85. The van der Waals surface area contributed by atoms with Gasteiger partial charge in [0.2, 0.25) is 5.89 Å². The van der Waals surface area contributed by atoms with Crippen molar-refractivity contribution in [2.24, 2.45) is 11.8 Å². The normalized spacial score (nSPS) is 34.5. The maximum Gasteiger partial charge on any atom is 0.231 e. The molecule has 0 aromatic carbocycles. The predicted molar refractivity (Wildman–Crippen MR) is 78.7 cm³/mol. The summed E-state index contributed by atoms with van der Waals surface area (Å²) in [6, 6.07) is 0. The molecule has 2 unspecified atom stereocenters. The van der Waals surface area contributed by atoms with Crippen molar-refractivity contribution in [1.82, 2.24) is 15.5 Å². The summed E-state index contributed by atoms with van der Waals surface area (Å²) < 4.78 is 5.55. The number of nitrogens with one attached hydrogen (secondary N) is 1. The van der Waals surface area contributed by atoms with Crippen molar-refractivity contribution in [3.05, 3.63) is 11.7 Å². The Morgan fingerprint density at radius 2 is 2.00 bits per heavy atom. The molecule has 1 aliphatic heterocycles. The summed E-state index contributed by atoms with van der Waals surface area (Å²) in [6.45, 7) is 6.58. The van der Waals surface area contributed by atoms with Crippen LogP contribution in [0.3, 0.4) is 0 Å². The van der Waals surface area contributed by atoms with Crippen molar-refractivity contribution in [1.29, 1.82) is 0 Å². The van der Waals surface area contributed by atoms with Gasteiger partial charge in [-0.2, -0.15) is 4.98 Å². The van der Waals surface area contributed by atoms with Crippen LogP contribution in [0.2, 0.25) is 0 Å². The molecule has 1 aromatic heterocycles. The zero-order valence-electron chi connectivity index (χ0n) is 12.8. The van der Waals surface area contributed by atoms with Gasteiger partial charge in [-0.3, -0.25) is 0 Å². The van der Waals surface area contributed by atoms with Gasteiger partial charge in [0, 0.05) is 12.5 Å². The summed E-state index contributed by atoms with van der Waals surface area (Å²) in [5.41, 5.74) is 0. The average Bonchev–Trinajstić information content (AvgIpc) is 3.08. The number of aromatic nitrogens is 2. The average molecular weight is 277 g/mol. The highest BCUT2D eigenvalue weighted by Gasteiger charge is 2.31. The van der Waals surface area contributed by atoms with Gasteiger partial charge in [0.05, 0.1) is 5.92 Å². The van der Waals surface area contributed by atoms with Crippen molar-refractivity contribution in [3.63, 3.8) is 0 Å². The zero-order chi connectivity index (χ0) is 13.9. The molecule has 2 atom stereocenters. The molecule has 2 aliphatic rings. The van der Waals surface area contributed by atoms with Crippen LogP contribution in [-0.2, 0) is 0 Å². The lowest BCUT2D eigenvalue weighted by Gasteiger charge is -2.26. The monoisotopic (exact) mass is 277 g/mol. The van der Waals surface area contributed by atoms with Gasteiger partial charge in [-0.25, -0.2) is 0 Å². The van der Waals surface area contributed by atoms with Gasteiger partial charge in [0.15, 0.2) is 5.82 Å². The van der Waals surface area contributed by atoms with Crippen LogP contribution in [0.5, 0.6) is 0 Å². The van der Waals surface area contributed by atoms with E-state index in [1.54, 1.807) is 0 Å². The van der Waals surface area contributed by atoms with Crippen molar-refractivity contribution in [2.45, 2.75) is 64.2 Å². The van der Waals surface area contributed by atoms with Gasteiger partial charge >= 0.3 is 0 Å². The summed E-state index contributed by atoms with van der Waals surface area (Å²) in [5.74, 6) is 4.30. The third kappa shape index (κ3) is 2.90. The van der Waals surface area contributed by atoms with E-state index in [9.17, 15) is 0 Å². The first-order chi connectivity index (χ1) is 9.78. The molecule has 0 amide bonds. The summed E-state index contributed by atoms with van der Waals surface area (Å²) in [5, 5.41) is 7.68. The number of hydrogen-bond donors (Lipinski definition) is 1. The van der Waals surface area contributed by atoms with Gasteiger partial charge < -0.3 is 9.84 Å². The van der Waals surface area contributed by atoms with E-state index in [0.29, 0.717) is 17.8 Å². The molecule has 1 aliphatic carbocycles. The number of hydrogen-bond acceptors (Lipinski definition) is 4. The van der Waals surface area contributed by atoms with E-state index in [1.165, 1.54) is 38.5 Å². The van der Waals surface area contributed by atoms with E-state index in [4.69, 9.17) is 9.51 Å². The molecule has 3 rings (SSSR count). The zero-order valence-corrected chi connectivity index (χ0v) is 12.8. The first kappa shape index (κ1) is 14.1. The maximum absolute atomic E-state index is 5.55. The van der Waals surface area contributed by atoms with Gasteiger partial charge in [-0.05, 0) is 44.1 Å². The van der Waals surface area contributed by atoms with Crippen molar-refractivity contribution in [3.8, 4) is 0 Å².